The summed E-state index contributed by atoms with van der Waals surface area (Å²) in [6.45, 7) is 4.45. The quantitative estimate of drug-likeness (QED) is 0.243. The Morgan fingerprint density at radius 2 is 1.83 bits per heavy atom. The zero-order valence-corrected chi connectivity index (χ0v) is 18.6. The lowest BCUT2D eigenvalue weighted by atomic mass is 10.1. The summed E-state index contributed by atoms with van der Waals surface area (Å²) >= 11 is 6.47. The lowest BCUT2D eigenvalue weighted by Crippen LogP contribution is -2.22. The third-order valence-electron chi connectivity index (χ3n) is 4.40. The first kappa shape index (κ1) is 21.9. The van der Waals surface area contributed by atoms with Crippen molar-refractivity contribution in [1.82, 2.24) is 4.90 Å². The van der Waals surface area contributed by atoms with Gasteiger partial charge in [-0.15, -0.1) is 6.58 Å². The summed E-state index contributed by atoms with van der Waals surface area (Å²) in [6.07, 6.45) is 4.42. The van der Waals surface area contributed by atoms with E-state index in [9.17, 15) is 4.79 Å². The van der Waals surface area contributed by atoms with Gasteiger partial charge in [0.15, 0.2) is 11.5 Å². The van der Waals surface area contributed by atoms with Crippen LogP contribution in [0, 0.1) is 0 Å². The molecule has 2 aromatic rings. The second kappa shape index (κ2) is 10.3. The number of rotatable bonds is 9. The van der Waals surface area contributed by atoms with Gasteiger partial charge in [-0.2, -0.15) is 0 Å². The van der Waals surface area contributed by atoms with E-state index in [0.29, 0.717) is 39.7 Å². The SMILES string of the molecule is C=CCc1ccc(OCCOc2ccccc2C=C2SC(=S)N(C)C2=O)c(OC)c1. The second-order valence-electron chi connectivity index (χ2n) is 6.45. The number of benzene rings is 2. The van der Waals surface area contributed by atoms with Crippen molar-refractivity contribution in [2.24, 2.45) is 0 Å². The van der Waals surface area contributed by atoms with Gasteiger partial charge in [-0.1, -0.05) is 54.3 Å². The fourth-order valence-electron chi connectivity index (χ4n) is 2.85. The fraction of sp³-hybridized carbons (Fsp3) is 0.217. The monoisotopic (exact) mass is 441 g/mol. The van der Waals surface area contributed by atoms with E-state index in [-0.39, 0.29) is 5.91 Å². The minimum absolute atomic E-state index is 0.102. The predicted octanol–water partition coefficient (Wildman–Crippen LogP) is 4.71. The Kier molecular flexibility index (Phi) is 7.54. The van der Waals surface area contributed by atoms with Gasteiger partial charge in [0.25, 0.3) is 5.91 Å². The van der Waals surface area contributed by atoms with E-state index in [1.165, 1.54) is 16.7 Å². The standard InChI is InChI=1S/C23H23NO4S2/c1-4-7-16-10-11-19(20(14-16)26-3)28-13-12-27-18-9-6-5-8-17(18)15-21-22(25)24(2)23(29)30-21/h4-6,8-11,14-15H,1,7,12-13H2,2-3H3. The van der Waals surface area contributed by atoms with Crippen LogP contribution >= 0.6 is 24.0 Å². The molecule has 1 aliphatic heterocycles. The number of carbonyl (C=O) groups excluding carboxylic acids is 1. The molecule has 0 radical (unpaired) electrons. The predicted molar refractivity (Wildman–Crippen MR) is 125 cm³/mol. The molecule has 2 aromatic carbocycles. The Labute approximate surface area is 186 Å². The van der Waals surface area contributed by atoms with Crippen molar-refractivity contribution in [2.45, 2.75) is 6.42 Å². The van der Waals surface area contributed by atoms with Gasteiger partial charge in [0.2, 0.25) is 0 Å². The van der Waals surface area contributed by atoms with Crippen LogP contribution in [0.25, 0.3) is 6.08 Å². The van der Waals surface area contributed by atoms with Crippen molar-refractivity contribution in [3.8, 4) is 17.2 Å². The number of para-hydroxylation sites is 1. The second-order valence-corrected chi connectivity index (χ2v) is 8.13. The summed E-state index contributed by atoms with van der Waals surface area (Å²) < 4.78 is 17.7. The Morgan fingerprint density at radius 3 is 2.50 bits per heavy atom. The van der Waals surface area contributed by atoms with Crippen LogP contribution in [0.3, 0.4) is 0 Å². The average Bonchev–Trinajstić information content (AvgIpc) is 2.99. The zero-order valence-electron chi connectivity index (χ0n) is 16.9. The summed E-state index contributed by atoms with van der Waals surface area (Å²) in [5, 5.41) is 0. The molecule has 0 unspecified atom stereocenters. The number of hydrogen-bond donors (Lipinski definition) is 0. The van der Waals surface area contributed by atoms with Gasteiger partial charge in [-0.05, 0) is 36.3 Å². The first-order chi connectivity index (χ1) is 14.5. The van der Waals surface area contributed by atoms with E-state index in [4.69, 9.17) is 26.4 Å². The van der Waals surface area contributed by atoms with E-state index < -0.39 is 0 Å². The first-order valence-corrected chi connectivity index (χ1v) is 10.6. The van der Waals surface area contributed by atoms with Crippen LogP contribution in [0.1, 0.15) is 11.1 Å². The number of nitrogens with zero attached hydrogens (tertiary/aromatic N) is 1. The molecular weight excluding hydrogens is 418 g/mol. The van der Waals surface area contributed by atoms with Crippen molar-refractivity contribution in [3.05, 3.63) is 71.2 Å². The highest BCUT2D eigenvalue weighted by molar-refractivity contribution is 8.26. The molecule has 0 spiro atoms. The van der Waals surface area contributed by atoms with Gasteiger partial charge < -0.3 is 14.2 Å². The van der Waals surface area contributed by atoms with Crippen LogP contribution in [-0.4, -0.2) is 42.5 Å². The van der Waals surface area contributed by atoms with E-state index in [1.807, 2.05) is 48.5 Å². The molecular formula is C23H23NO4S2. The van der Waals surface area contributed by atoms with E-state index >= 15 is 0 Å². The molecule has 0 aromatic heterocycles. The van der Waals surface area contributed by atoms with Crippen LogP contribution in [0.2, 0.25) is 0 Å². The lowest BCUT2D eigenvalue weighted by Gasteiger charge is -2.13. The number of thioether (sulfide) groups is 1. The molecule has 1 saturated heterocycles. The van der Waals surface area contributed by atoms with Crippen LogP contribution in [0.15, 0.2) is 60.0 Å². The van der Waals surface area contributed by atoms with Gasteiger partial charge >= 0.3 is 0 Å². The molecule has 30 heavy (non-hydrogen) atoms. The van der Waals surface area contributed by atoms with Gasteiger partial charge in [-0.25, -0.2) is 0 Å². The number of carbonyl (C=O) groups is 1. The maximum atomic E-state index is 12.2. The Morgan fingerprint density at radius 1 is 1.10 bits per heavy atom. The Hall–Kier alpha value is -2.77. The van der Waals surface area contributed by atoms with Gasteiger partial charge in [0.05, 0.1) is 12.0 Å². The van der Waals surface area contributed by atoms with E-state index in [1.54, 1.807) is 20.2 Å². The largest absolute Gasteiger partial charge is 0.493 e. The van der Waals surface area contributed by atoms with E-state index in [0.717, 1.165) is 17.5 Å². The molecule has 0 bridgehead atoms. The average molecular weight is 442 g/mol. The minimum atomic E-state index is -0.102. The molecule has 5 nitrogen and oxygen atoms in total. The third kappa shape index (κ3) is 5.23. The Bertz CT molecular complexity index is 987. The number of methoxy groups -OCH3 is 1. The molecule has 0 saturated carbocycles. The van der Waals surface area contributed by atoms with Crippen LogP contribution < -0.4 is 14.2 Å². The summed E-state index contributed by atoms with van der Waals surface area (Å²) in [4.78, 5) is 14.3. The molecule has 1 heterocycles. The highest BCUT2D eigenvalue weighted by Gasteiger charge is 2.28. The van der Waals surface area contributed by atoms with Crippen LogP contribution in [-0.2, 0) is 11.2 Å². The van der Waals surface area contributed by atoms with Gasteiger partial charge in [0, 0.05) is 12.6 Å². The Balaban J connectivity index is 1.62. The topological polar surface area (TPSA) is 48.0 Å². The smallest absolute Gasteiger partial charge is 0.265 e. The molecule has 0 aliphatic carbocycles. The van der Waals surface area contributed by atoms with Crippen molar-refractivity contribution >= 4 is 40.3 Å². The highest BCUT2D eigenvalue weighted by atomic mass is 32.2. The number of hydrogen-bond acceptors (Lipinski definition) is 6. The maximum Gasteiger partial charge on any atom is 0.265 e. The number of allylic oxidation sites excluding steroid dienone is 1. The molecule has 7 heteroatoms. The van der Waals surface area contributed by atoms with Gasteiger partial charge in [0.1, 0.15) is 23.3 Å². The van der Waals surface area contributed by atoms with Crippen molar-refractivity contribution in [1.29, 1.82) is 0 Å². The molecule has 0 N–H and O–H groups in total. The van der Waals surface area contributed by atoms with Crippen molar-refractivity contribution < 1.29 is 19.0 Å². The minimum Gasteiger partial charge on any atom is -0.493 e. The number of likely N-dealkylation sites (N-methyl/N-ethyl adjacent to an activating group) is 1. The molecule has 0 atom stereocenters. The summed E-state index contributed by atoms with van der Waals surface area (Å²) in [7, 11) is 3.29. The molecule has 1 aliphatic rings. The van der Waals surface area contributed by atoms with Gasteiger partial charge in [-0.3, -0.25) is 9.69 Å². The van der Waals surface area contributed by atoms with Crippen molar-refractivity contribution in [2.75, 3.05) is 27.4 Å². The normalized spacial score (nSPS) is 14.9. The number of ether oxygens (including phenoxy) is 3. The summed E-state index contributed by atoms with van der Waals surface area (Å²) in [5.41, 5.74) is 1.93. The fourth-order valence-corrected chi connectivity index (χ4v) is 4.02. The molecule has 3 rings (SSSR count). The van der Waals surface area contributed by atoms with E-state index in [2.05, 4.69) is 6.58 Å². The van der Waals surface area contributed by atoms with Crippen LogP contribution in [0.5, 0.6) is 17.2 Å². The highest BCUT2D eigenvalue weighted by Crippen LogP contribution is 2.33. The molecule has 1 fully saturated rings. The third-order valence-corrected chi connectivity index (χ3v) is 5.88. The lowest BCUT2D eigenvalue weighted by molar-refractivity contribution is -0.121. The first-order valence-electron chi connectivity index (χ1n) is 9.37. The summed E-state index contributed by atoms with van der Waals surface area (Å²) in [5.74, 6) is 1.91. The number of thiocarbonyl (C=S) groups is 1. The van der Waals surface area contributed by atoms with Crippen molar-refractivity contribution in [3.63, 3.8) is 0 Å². The molecule has 1 amide bonds. The summed E-state index contributed by atoms with van der Waals surface area (Å²) in [6, 6.07) is 13.4. The van der Waals surface area contributed by atoms with Crippen LogP contribution in [0.4, 0.5) is 0 Å². The zero-order chi connectivity index (χ0) is 21.5. The maximum absolute atomic E-state index is 12.2. The molecule has 156 valence electrons. The number of amides is 1.